The van der Waals surface area contributed by atoms with E-state index >= 15 is 0 Å². The Bertz CT molecular complexity index is 755. The van der Waals surface area contributed by atoms with E-state index in [4.69, 9.17) is 9.47 Å². The molecule has 0 saturated heterocycles. The smallest absolute Gasteiger partial charge is 0.346 e. The minimum absolute atomic E-state index is 0.138. The monoisotopic (exact) mass is 400 g/mol. The highest BCUT2D eigenvalue weighted by atomic mass is 32.2. The first-order valence-electron chi connectivity index (χ1n) is 6.33. The van der Waals surface area contributed by atoms with E-state index in [9.17, 15) is 19.2 Å². The van der Waals surface area contributed by atoms with Gasteiger partial charge in [-0.1, -0.05) is 47.0 Å². The number of esters is 2. The number of rotatable bonds is 2. The highest BCUT2D eigenvalue weighted by Gasteiger charge is 2.38. The standard InChI is InChI=1S/C14H8O6S4/c1-19-11(17)9-10(12(18)20-2)24-14(23-9)13-21-7-5(15)3-4-6(16)8(7)22-13/h3-4H,1-2H3. The summed E-state index contributed by atoms with van der Waals surface area (Å²) in [5.74, 6) is -1.72. The second kappa shape index (κ2) is 6.87. The second-order valence-corrected chi connectivity index (χ2v) is 8.94. The summed E-state index contributed by atoms with van der Waals surface area (Å²) >= 11 is 4.50. The Kier molecular flexibility index (Phi) is 5.00. The van der Waals surface area contributed by atoms with Crippen LogP contribution in [-0.4, -0.2) is 37.7 Å². The van der Waals surface area contributed by atoms with Crippen LogP contribution in [0.15, 0.2) is 40.2 Å². The van der Waals surface area contributed by atoms with Crippen LogP contribution in [0.5, 0.6) is 0 Å². The Labute approximate surface area is 153 Å². The summed E-state index contributed by atoms with van der Waals surface area (Å²) in [6.07, 6.45) is 2.49. The van der Waals surface area contributed by atoms with Gasteiger partial charge in [0.2, 0.25) is 0 Å². The third-order valence-electron chi connectivity index (χ3n) is 2.93. The first kappa shape index (κ1) is 17.5. The molecule has 10 heteroatoms. The molecule has 2 aliphatic heterocycles. The lowest BCUT2D eigenvalue weighted by molar-refractivity contribution is -0.138. The fourth-order valence-corrected chi connectivity index (χ4v) is 7.16. The molecule has 0 bridgehead atoms. The number of thioether (sulfide) groups is 4. The lowest BCUT2D eigenvalue weighted by atomic mass is 10.2. The van der Waals surface area contributed by atoms with Gasteiger partial charge in [0.1, 0.15) is 9.81 Å². The first-order valence-corrected chi connectivity index (χ1v) is 9.60. The van der Waals surface area contributed by atoms with Crippen LogP contribution in [0, 0.1) is 0 Å². The van der Waals surface area contributed by atoms with E-state index in [2.05, 4.69) is 0 Å². The van der Waals surface area contributed by atoms with Gasteiger partial charge in [0.05, 0.1) is 32.5 Å². The van der Waals surface area contributed by atoms with Crippen molar-refractivity contribution in [3.05, 3.63) is 40.2 Å². The molecule has 0 aromatic rings. The van der Waals surface area contributed by atoms with Crippen LogP contribution in [-0.2, 0) is 28.7 Å². The normalized spacial score (nSPS) is 20.1. The van der Waals surface area contributed by atoms with Crippen LogP contribution in [0.25, 0.3) is 0 Å². The fourth-order valence-electron chi connectivity index (χ4n) is 1.85. The van der Waals surface area contributed by atoms with Crippen molar-refractivity contribution < 1.29 is 28.7 Å². The van der Waals surface area contributed by atoms with Crippen LogP contribution >= 0.6 is 47.0 Å². The molecule has 0 aromatic heterocycles. The third kappa shape index (κ3) is 2.99. The number of hydrogen-bond acceptors (Lipinski definition) is 10. The van der Waals surface area contributed by atoms with E-state index < -0.39 is 11.9 Å². The maximum atomic E-state index is 11.9. The van der Waals surface area contributed by atoms with Crippen LogP contribution in [0.3, 0.4) is 0 Å². The van der Waals surface area contributed by atoms with Gasteiger partial charge in [0, 0.05) is 0 Å². The molecule has 3 rings (SSSR count). The summed E-state index contributed by atoms with van der Waals surface area (Å²) in [6, 6.07) is 0. The summed E-state index contributed by atoms with van der Waals surface area (Å²) in [7, 11) is 2.45. The molecule has 0 unspecified atom stereocenters. The van der Waals surface area contributed by atoms with E-state index in [-0.39, 0.29) is 21.4 Å². The number of ketones is 2. The zero-order valence-electron chi connectivity index (χ0n) is 12.2. The first-order chi connectivity index (χ1) is 11.5. The Morgan fingerprint density at radius 2 is 1.12 bits per heavy atom. The molecule has 1 aliphatic carbocycles. The molecule has 0 aromatic carbocycles. The van der Waals surface area contributed by atoms with Gasteiger partial charge in [-0.15, -0.1) is 0 Å². The third-order valence-corrected chi connectivity index (χ3v) is 8.64. The van der Waals surface area contributed by atoms with Crippen LogP contribution in [0.4, 0.5) is 0 Å². The number of allylic oxidation sites excluding steroid dienone is 4. The maximum Gasteiger partial charge on any atom is 0.346 e. The minimum Gasteiger partial charge on any atom is -0.465 e. The number of carbonyl (C=O) groups is 4. The number of hydrogen-bond donors (Lipinski definition) is 0. The summed E-state index contributed by atoms with van der Waals surface area (Å²) < 4.78 is 10.7. The molecule has 24 heavy (non-hydrogen) atoms. The quantitative estimate of drug-likeness (QED) is 0.509. The van der Waals surface area contributed by atoms with E-state index in [0.717, 1.165) is 23.5 Å². The molecule has 0 spiro atoms. The highest BCUT2D eigenvalue weighted by molar-refractivity contribution is 8.35. The zero-order valence-corrected chi connectivity index (χ0v) is 15.5. The largest absolute Gasteiger partial charge is 0.465 e. The van der Waals surface area contributed by atoms with E-state index in [0.29, 0.717) is 18.3 Å². The van der Waals surface area contributed by atoms with Gasteiger partial charge in [-0.25, -0.2) is 9.59 Å². The SMILES string of the molecule is COC(=O)C1=C(C(=O)OC)SC(=C2SC3=C(S2)C(=O)C=CC3=O)S1. The number of carbonyl (C=O) groups excluding carboxylic acids is 4. The molecule has 2 heterocycles. The van der Waals surface area contributed by atoms with Crippen molar-refractivity contribution in [2.75, 3.05) is 14.2 Å². The highest BCUT2D eigenvalue weighted by Crippen LogP contribution is 2.60. The Hall–Kier alpha value is -1.36. The van der Waals surface area contributed by atoms with Crippen molar-refractivity contribution in [3.8, 4) is 0 Å². The minimum atomic E-state index is -0.636. The van der Waals surface area contributed by atoms with Crippen molar-refractivity contribution in [2.24, 2.45) is 0 Å². The molecular weight excluding hydrogens is 392 g/mol. The van der Waals surface area contributed by atoms with E-state index in [1.807, 2.05) is 0 Å². The molecule has 0 N–H and O–H groups in total. The van der Waals surface area contributed by atoms with Gasteiger partial charge in [0.15, 0.2) is 11.6 Å². The van der Waals surface area contributed by atoms with Gasteiger partial charge in [0.25, 0.3) is 0 Å². The summed E-state index contributed by atoms with van der Waals surface area (Å²) in [4.78, 5) is 48.6. The van der Waals surface area contributed by atoms with Gasteiger partial charge >= 0.3 is 11.9 Å². The average Bonchev–Trinajstić information content (AvgIpc) is 3.21. The van der Waals surface area contributed by atoms with Gasteiger partial charge < -0.3 is 9.47 Å². The maximum absolute atomic E-state index is 11.9. The van der Waals surface area contributed by atoms with Crippen LogP contribution < -0.4 is 0 Å². The summed E-state index contributed by atoms with van der Waals surface area (Å²) in [5, 5.41) is 0. The Balaban J connectivity index is 1.90. The van der Waals surface area contributed by atoms with Crippen molar-refractivity contribution >= 4 is 70.6 Å². The number of ether oxygens (including phenoxy) is 2. The predicted octanol–water partition coefficient (Wildman–Crippen LogP) is 2.55. The van der Waals surface area contributed by atoms with Crippen molar-refractivity contribution in [1.29, 1.82) is 0 Å². The second-order valence-electron chi connectivity index (χ2n) is 4.34. The van der Waals surface area contributed by atoms with Crippen molar-refractivity contribution in [3.63, 3.8) is 0 Å². The van der Waals surface area contributed by atoms with E-state index in [1.165, 1.54) is 49.9 Å². The molecule has 0 saturated carbocycles. The zero-order chi connectivity index (χ0) is 17.4. The molecule has 3 aliphatic rings. The van der Waals surface area contributed by atoms with Gasteiger partial charge in [-0.3, -0.25) is 9.59 Å². The lowest BCUT2D eigenvalue weighted by Crippen LogP contribution is -2.08. The molecule has 0 radical (unpaired) electrons. The molecule has 0 amide bonds. The summed E-state index contributed by atoms with van der Waals surface area (Å²) in [5.41, 5.74) is 0. The summed E-state index contributed by atoms with van der Waals surface area (Å²) in [6.45, 7) is 0. The fraction of sp³-hybridized carbons (Fsp3) is 0.143. The van der Waals surface area contributed by atoms with Gasteiger partial charge in [-0.05, 0) is 12.2 Å². The lowest BCUT2D eigenvalue weighted by Gasteiger charge is -2.01. The van der Waals surface area contributed by atoms with Crippen molar-refractivity contribution in [2.45, 2.75) is 0 Å². The van der Waals surface area contributed by atoms with Crippen LogP contribution in [0.2, 0.25) is 0 Å². The number of methoxy groups -OCH3 is 2. The molecule has 6 nitrogen and oxygen atoms in total. The Morgan fingerprint density at radius 3 is 1.50 bits per heavy atom. The molecular formula is C14H8O6S4. The van der Waals surface area contributed by atoms with E-state index in [1.54, 1.807) is 0 Å². The average molecular weight is 400 g/mol. The Morgan fingerprint density at radius 1 is 0.750 bits per heavy atom. The van der Waals surface area contributed by atoms with Crippen LogP contribution in [0.1, 0.15) is 0 Å². The molecule has 124 valence electrons. The molecule has 0 fully saturated rings. The molecule has 0 atom stereocenters. The van der Waals surface area contributed by atoms with Gasteiger partial charge in [-0.2, -0.15) is 0 Å². The predicted molar refractivity (Wildman–Crippen MR) is 94.6 cm³/mol. The topological polar surface area (TPSA) is 86.7 Å². The van der Waals surface area contributed by atoms with Crippen molar-refractivity contribution in [1.82, 2.24) is 0 Å².